The first kappa shape index (κ1) is 14.8. The molecule has 0 aliphatic carbocycles. The molecule has 1 aromatic carbocycles. The van der Waals surface area contributed by atoms with Gasteiger partial charge in [0.25, 0.3) is 0 Å². The van der Waals surface area contributed by atoms with Crippen molar-refractivity contribution in [3.8, 4) is 0 Å². The highest BCUT2D eigenvalue weighted by Gasteiger charge is 2.30. The summed E-state index contributed by atoms with van der Waals surface area (Å²) in [5.41, 5.74) is 1.71. The van der Waals surface area contributed by atoms with Crippen LogP contribution >= 0.6 is 11.6 Å². The Labute approximate surface area is 133 Å². The van der Waals surface area contributed by atoms with Crippen LogP contribution in [-0.2, 0) is 4.74 Å². The molecule has 2 atom stereocenters. The Morgan fingerprint density at radius 3 is 2.64 bits per heavy atom. The summed E-state index contributed by atoms with van der Waals surface area (Å²) in [5, 5.41) is 6.43. The minimum atomic E-state index is -0.249. The molecular formula is C16H16ClN3O2. The Morgan fingerprint density at radius 2 is 1.91 bits per heavy atom. The number of anilines is 1. The third-order valence-corrected chi connectivity index (χ3v) is 3.80. The highest BCUT2D eigenvalue weighted by Crippen LogP contribution is 2.29. The Morgan fingerprint density at radius 1 is 1.18 bits per heavy atom. The van der Waals surface area contributed by atoms with Crippen LogP contribution in [0.1, 0.15) is 18.1 Å². The summed E-state index contributed by atoms with van der Waals surface area (Å²) < 4.78 is 5.75. The number of carbonyl (C=O) groups is 1. The van der Waals surface area contributed by atoms with Gasteiger partial charge in [-0.25, -0.2) is 4.79 Å². The average molecular weight is 318 g/mol. The van der Waals surface area contributed by atoms with Crippen molar-refractivity contribution in [2.45, 2.75) is 18.6 Å². The van der Waals surface area contributed by atoms with Gasteiger partial charge in [-0.05, 0) is 36.2 Å². The lowest BCUT2D eigenvalue weighted by Crippen LogP contribution is -2.39. The molecule has 1 fully saturated rings. The monoisotopic (exact) mass is 317 g/mol. The molecule has 2 N–H and O–H groups in total. The lowest BCUT2D eigenvalue weighted by atomic mass is 10.0. The summed E-state index contributed by atoms with van der Waals surface area (Å²) in [6, 6.07) is 10.7. The molecule has 6 heteroatoms. The summed E-state index contributed by atoms with van der Waals surface area (Å²) >= 11 is 5.90. The number of amides is 2. The van der Waals surface area contributed by atoms with E-state index in [0.717, 1.165) is 12.0 Å². The Kier molecular flexibility index (Phi) is 4.56. The van der Waals surface area contributed by atoms with E-state index in [9.17, 15) is 4.79 Å². The molecule has 2 aromatic rings. The van der Waals surface area contributed by atoms with E-state index >= 15 is 0 Å². The second-order valence-electron chi connectivity index (χ2n) is 5.07. The minimum absolute atomic E-state index is 0.0667. The van der Waals surface area contributed by atoms with E-state index in [1.54, 1.807) is 24.5 Å². The number of hydrogen-bond acceptors (Lipinski definition) is 3. The quantitative estimate of drug-likeness (QED) is 0.912. The number of ether oxygens (including phenoxy) is 1. The molecule has 1 aromatic heterocycles. The van der Waals surface area contributed by atoms with Crippen molar-refractivity contribution in [3.05, 3.63) is 59.4 Å². The van der Waals surface area contributed by atoms with Crippen molar-refractivity contribution in [1.82, 2.24) is 10.3 Å². The van der Waals surface area contributed by atoms with Gasteiger partial charge in [0.05, 0.1) is 6.04 Å². The molecule has 114 valence electrons. The lowest BCUT2D eigenvalue weighted by molar-refractivity contribution is 0.100. The van der Waals surface area contributed by atoms with Crippen molar-refractivity contribution in [3.63, 3.8) is 0 Å². The highest BCUT2D eigenvalue weighted by atomic mass is 35.5. The van der Waals surface area contributed by atoms with Crippen molar-refractivity contribution in [2.75, 3.05) is 11.9 Å². The normalized spacial score (nSPS) is 20.6. The molecule has 3 rings (SSSR count). The fourth-order valence-corrected chi connectivity index (χ4v) is 2.62. The second kappa shape index (κ2) is 6.77. The molecule has 2 heterocycles. The Balaban J connectivity index is 1.63. The fourth-order valence-electron chi connectivity index (χ4n) is 2.49. The first-order chi connectivity index (χ1) is 10.7. The van der Waals surface area contributed by atoms with Crippen LogP contribution in [0.5, 0.6) is 0 Å². The van der Waals surface area contributed by atoms with Crippen LogP contribution in [-0.4, -0.2) is 23.7 Å². The summed E-state index contributed by atoms with van der Waals surface area (Å²) in [6.45, 7) is 0.619. The van der Waals surface area contributed by atoms with Crippen LogP contribution in [0, 0.1) is 0 Å². The summed E-state index contributed by atoms with van der Waals surface area (Å²) in [7, 11) is 0. The van der Waals surface area contributed by atoms with Crippen LogP contribution in [0.25, 0.3) is 0 Å². The number of nitrogens with zero attached hydrogens (tertiary/aromatic N) is 1. The topological polar surface area (TPSA) is 63.2 Å². The number of carbonyl (C=O) groups excluding carboxylic acids is 1. The maximum atomic E-state index is 12.1. The molecule has 0 bridgehead atoms. The van der Waals surface area contributed by atoms with Gasteiger partial charge in [0.1, 0.15) is 6.10 Å². The van der Waals surface area contributed by atoms with Crippen molar-refractivity contribution >= 4 is 23.3 Å². The summed E-state index contributed by atoms with van der Waals surface area (Å²) in [6.07, 6.45) is 3.88. The van der Waals surface area contributed by atoms with Crippen molar-refractivity contribution < 1.29 is 9.53 Å². The van der Waals surface area contributed by atoms with Crippen LogP contribution < -0.4 is 10.6 Å². The van der Waals surface area contributed by atoms with Gasteiger partial charge in [0.2, 0.25) is 0 Å². The second-order valence-corrected chi connectivity index (χ2v) is 5.51. The molecule has 2 amide bonds. The molecule has 1 saturated heterocycles. The number of hydrogen-bond donors (Lipinski definition) is 2. The number of aromatic nitrogens is 1. The zero-order valence-corrected chi connectivity index (χ0v) is 12.6. The third-order valence-electron chi connectivity index (χ3n) is 3.54. The van der Waals surface area contributed by atoms with Gasteiger partial charge in [0.15, 0.2) is 0 Å². The molecule has 0 radical (unpaired) electrons. The smallest absolute Gasteiger partial charge is 0.319 e. The third kappa shape index (κ3) is 3.55. The van der Waals surface area contributed by atoms with E-state index in [2.05, 4.69) is 15.6 Å². The van der Waals surface area contributed by atoms with Crippen molar-refractivity contribution in [2.24, 2.45) is 0 Å². The van der Waals surface area contributed by atoms with Gasteiger partial charge in [0, 0.05) is 29.7 Å². The van der Waals surface area contributed by atoms with E-state index in [1.807, 2.05) is 24.3 Å². The van der Waals surface area contributed by atoms with E-state index in [-0.39, 0.29) is 18.2 Å². The highest BCUT2D eigenvalue weighted by molar-refractivity contribution is 6.30. The zero-order chi connectivity index (χ0) is 15.4. The SMILES string of the molecule is O=C(Nc1ccncc1)N[C@H]1CCO[C@H]1c1ccc(Cl)cc1. The molecule has 0 spiro atoms. The number of halogens is 1. The average Bonchev–Trinajstić information content (AvgIpc) is 2.97. The minimum Gasteiger partial charge on any atom is -0.371 e. The van der Waals surface area contributed by atoms with Gasteiger partial charge < -0.3 is 15.4 Å². The van der Waals surface area contributed by atoms with Gasteiger partial charge >= 0.3 is 6.03 Å². The molecular weight excluding hydrogens is 302 g/mol. The van der Waals surface area contributed by atoms with Gasteiger partial charge in [-0.1, -0.05) is 23.7 Å². The van der Waals surface area contributed by atoms with Crippen LogP contribution in [0.2, 0.25) is 5.02 Å². The van der Waals surface area contributed by atoms with Crippen molar-refractivity contribution in [1.29, 1.82) is 0 Å². The predicted molar refractivity (Wildman–Crippen MR) is 84.9 cm³/mol. The number of benzene rings is 1. The van der Waals surface area contributed by atoms with E-state index in [0.29, 0.717) is 17.3 Å². The molecule has 1 aliphatic rings. The number of urea groups is 1. The lowest BCUT2D eigenvalue weighted by Gasteiger charge is -2.20. The van der Waals surface area contributed by atoms with E-state index in [1.165, 1.54) is 0 Å². The Hall–Kier alpha value is -2.11. The van der Waals surface area contributed by atoms with Crippen LogP contribution in [0.15, 0.2) is 48.8 Å². The largest absolute Gasteiger partial charge is 0.371 e. The molecule has 22 heavy (non-hydrogen) atoms. The standard InChI is InChI=1S/C16H16ClN3O2/c17-12-3-1-11(2-4-12)15-14(7-10-22-15)20-16(21)19-13-5-8-18-9-6-13/h1-6,8-9,14-15H,7,10H2,(H2,18,19,20,21)/t14-,15-/m0/s1. The Bertz CT molecular complexity index is 634. The number of rotatable bonds is 3. The maximum absolute atomic E-state index is 12.1. The number of nitrogens with one attached hydrogen (secondary N) is 2. The predicted octanol–water partition coefficient (Wildman–Crippen LogP) is 3.39. The first-order valence-corrected chi connectivity index (χ1v) is 7.45. The van der Waals surface area contributed by atoms with E-state index < -0.39 is 0 Å². The molecule has 1 aliphatic heterocycles. The molecule has 0 saturated carbocycles. The maximum Gasteiger partial charge on any atom is 0.319 e. The van der Waals surface area contributed by atoms with E-state index in [4.69, 9.17) is 16.3 Å². The van der Waals surface area contributed by atoms with Gasteiger partial charge in [-0.2, -0.15) is 0 Å². The van der Waals surface area contributed by atoms with Gasteiger partial charge in [-0.3, -0.25) is 4.98 Å². The number of pyridine rings is 1. The summed E-state index contributed by atoms with van der Waals surface area (Å²) in [5.74, 6) is 0. The van der Waals surface area contributed by atoms with Crippen LogP contribution in [0.3, 0.4) is 0 Å². The molecule has 5 nitrogen and oxygen atoms in total. The first-order valence-electron chi connectivity index (χ1n) is 7.07. The fraction of sp³-hybridized carbons (Fsp3) is 0.250. The van der Waals surface area contributed by atoms with Gasteiger partial charge in [-0.15, -0.1) is 0 Å². The summed E-state index contributed by atoms with van der Waals surface area (Å²) in [4.78, 5) is 16.0. The zero-order valence-electron chi connectivity index (χ0n) is 11.8. The molecule has 0 unspecified atom stereocenters. The van der Waals surface area contributed by atoms with Crippen LogP contribution in [0.4, 0.5) is 10.5 Å².